The summed E-state index contributed by atoms with van der Waals surface area (Å²) in [4.78, 5) is 14.0. The van der Waals surface area contributed by atoms with Gasteiger partial charge in [-0.3, -0.25) is 4.79 Å². The number of anilines is 1. The van der Waals surface area contributed by atoms with Crippen LogP contribution in [0.15, 0.2) is 40.5 Å². The summed E-state index contributed by atoms with van der Waals surface area (Å²) in [5, 5.41) is 8.46. The predicted molar refractivity (Wildman–Crippen MR) is 107 cm³/mol. The molecule has 140 valence electrons. The van der Waals surface area contributed by atoms with Gasteiger partial charge in [0.1, 0.15) is 0 Å². The molecular formula is C21H24N4O2. The molecular weight excluding hydrogens is 340 g/mol. The fraction of sp³-hybridized carbons (Fsp3) is 0.381. The normalized spacial score (nSPS) is 21.0. The maximum absolute atomic E-state index is 12.4. The number of hydrogen-bond acceptors (Lipinski definition) is 4. The smallest absolute Gasteiger partial charge is 0.279 e. The molecule has 0 radical (unpaired) electrons. The second kappa shape index (κ2) is 7.12. The summed E-state index contributed by atoms with van der Waals surface area (Å²) >= 11 is 0. The van der Waals surface area contributed by atoms with Gasteiger partial charge in [-0.15, -0.1) is 5.10 Å². The van der Waals surface area contributed by atoms with Crippen LogP contribution in [-0.2, 0) is 16.1 Å². The second-order valence-corrected chi connectivity index (χ2v) is 7.15. The second-order valence-electron chi connectivity index (χ2n) is 7.15. The molecule has 0 unspecified atom stereocenters. The van der Waals surface area contributed by atoms with Crippen molar-refractivity contribution in [1.29, 1.82) is 0 Å². The average molecular weight is 364 g/mol. The van der Waals surface area contributed by atoms with E-state index in [1.165, 1.54) is 5.69 Å². The summed E-state index contributed by atoms with van der Waals surface area (Å²) in [7, 11) is 1.76. The van der Waals surface area contributed by atoms with Crippen molar-refractivity contribution in [3.8, 4) is 0 Å². The van der Waals surface area contributed by atoms with Gasteiger partial charge in [0, 0.05) is 42.7 Å². The molecule has 6 heteroatoms. The van der Waals surface area contributed by atoms with Crippen LogP contribution in [0.2, 0.25) is 0 Å². The third-order valence-corrected chi connectivity index (χ3v) is 5.41. The van der Waals surface area contributed by atoms with E-state index in [0.717, 1.165) is 48.5 Å². The van der Waals surface area contributed by atoms with E-state index in [0.29, 0.717) is 11.8 Å². The highest BCUT2D eigenvalue weighted by molar-refractivity contribution is 6.54. The number of hydrogen-bond donors (Lipinski definition) is 0. The number of para-hydroxylation sites is 1. The topological polar surface area (TPSA) is 59.2 Å². The Morgan fingerprint density at radius 2 is 2.11 bits per heavy atom. The molecule has 1 atom stereocenters. The molecule has 1 aromatic carbocycles. The lowest BCUT2D eigenvalue weighted by molar-refractivity contribution is -0.111. The van der Waals surface area contributed by atoms with E-state index in [-0.39, 0.29) is 5.91 Å². The van der Waals surface area contributed by atoms with Crippen molar-refractivity contribution in [2.75, 3.05) is 18.6 Å². The van der Waals surface area contributed by atoms with Crippen LogP contribution < -0.4 is 4.90 Å². The lowest BCUT2D eigenvalue weighted by Crippen LogP contribution is -2.25. The summed E-state index contributed by atoms with van der Waals surface area (Å²) in [6.07, 6.45) is 4.28. The average Bonchev–Trinajstić information content (AvgIpc) is 3.34. The molecule has 1 saturated heterocycles. The molecule has 2 aromatic rings. The summed E-state index contributed by atoms with van der Waals surface area (Å²) < 4.78 is 8.03. The highest BCUT2D eigenvalue weighted by atomic mass is 16.5. The predicted octanol–water partition coefficient (Wildman–Crippen LogP) is 3.08. The van der Waals surface area contributed by atoms with Gasteiger partial charge in [0.15, 0.2) is 5.71 Å². The van der Waals surface area contributed by atoms with E-state index < -0.39 is 0 Å². The van der Waals surface area contributed by atoms with Crippen molar-refractivity contribution in [1.82, 2.24) is 4.57 Å². The van der Waals surface area contributed by atoms with Crippen molar-refractivity contribution >= 4 is 23.5 Å². The number of aryl methyl sites for hydroxylation is 1. The summed E-state index contributed by atoms with van der Waals surface area (Å²) in [5.41, 5.74) is 5.41. The van der Waals surface area contributed by atoms with Crippen LogP contribution in [0.25, 0.3) is 0 Å². The van der Waals surface area contributed by atoms with E-state index in [1.54, 1.807) is 18.2 Å². The highest BCUT2D eigenvalue weighted by Crippen LogP contribution is 2.27. The summed E-state index contributed by atoms with van der Waals surface area (Å²) in [6, 6.07) is 9.74. The van der Waals surface area contributed by atoms with E-state index in [1.807, 2.05) is 24.3 Å². The third-order valence-electron chi connectivity index (χ3n) is 5.41. The first-order valence-corrected chi connectivity index (χ1v) is 9.33. The molecule has 0 saturated carbocycles. The largest absolute Gasteiger partial charge is 0.376 e. The number of benzene rings is 1. The number of nitrogens with zero attached hydrogens (tertiary/aromatic N) is 4. The number of likely N-dealkylation sites (N-methyl/N-ethyl adjacent to an activating group) is 1. The summed E-state index contributed by atoms with van der Waals surface area (Å²) in [5.74, 6) is -0.128. The molecule has 27 heavy (non-hydrogen) atoms. The van der Waals surface area contributed by atoms with Gasteiger partial charge in [-0.2, -0.15) is 5.10 Å². The molecule has 2 aliphatic rings. The number of ether oxygens (including phenoxy) is 1. The van der Waals surface area contributed by atoms with E-state index in [9.17, 15) is 4.79 Å². The first-order valence-electron chi connectivity index (χ1n) is 9.33. The molecule has 1 aromatic heterocycles. The Hall–Kier alpha value is -2.73. The lowest BCUT2D eigenvalue weighted by Gasteiger charge is -2.14. The molecule has 4 rings (SSSR count). The Kier molecular flexibility index (Phi) is 4.66. The minimum atomic E-state index is -0.128. The zero-order chi connectivity index (χ0) is 19.0. The molecule has 1 fully saturated rings. The van der Waals surface area contributed by atoms with Gasteiger partial charge in [0.2, 0.25) is 0 Å². The molecule has 3 heterocycles. The Morgan fingerprint density at radius 3 is 2.89 bits per heavy atom. The first-order chi connectivity index (χ1) is 13.1. The van der Waals surface area contributed by atoms with Crippen LogP contribution in [0, 0.1) is 13.8 Å². The Labute approximate surface area is 159 Å². The molecule has 6 nitrogen and oxygen atoms in total. The maximum atomic E-state index is 12.4. The number of aromatic nitrogens is 1. The zero-order valence-corrected chi connectivity index (χ0v) is 16.0. The lowest BCUT2D eigenvalue weighted by atomic mass is 10.1. The van der Waals surface area contributed by atoms with Crippen molar-refractivity contribution < 1.29 is 9.53 Å². The van der Waals surface area contributed by atoms with Crippen LogP contribution in [0.4, 0.5) is 5.69 Å². The van der Waals surface area contributed by atoms with Crippen molar-refractivity contribution in [2.45, 2.75) is 39.3 Å². The molecule has 0 bridgehead atoms. The molecule has 1 amide bonds. The fourth-order valence-corrected chi connectivity index (χ4v) is 3.83. The van der Waals surface area contributed by atoms with Crippen LogP contribution in [0.3, 0.4) is 0 Å². The first kappa shape index (κ1) is 17.7. The van der Waals surface area contributed by atoms with Crippen LogP contribution in [0.1, 0.15) is 35.4 Å². The zero-order valence-electron chi connectivity index (χ0n) is 16.0. The summed E-state index contributed by atoms with van der Waals surface area (Å²) in [6.45, 7) is 5.91. The number of carbonyl (C=O) groups excluding carboxylic acids is 1. The number of rotatable bonds is 4. The van der Waals surface area contributed by atoms with Crippen LogP contribution in [-0.4, -0.2) is 42.2 Å². The van der Waals surface area contributed by atoms with Gasteiger partial charge < -0.3 is 14.2 Å². The Morgan fingerprint density at radius 1 is 1.30 bits per heavy atom. The molecule has 0 spiro atoms. The van der Waals surface area contributed by atoms with Gasteiger partial charge in [-0.25, -0.2) is 0 Å². The number of fused-ring (bicyclic) bond motifs is 1. The molecule has 0 N–H and O–H groups in total. The van der Waals surface area contributed by atoms with E-state index >= 15 is 0 Å². The highest BCUT2D eigenvalue weighted by Gasteiger charge is 2.31. The van der Waals surface area contributed by atoms with Gasteiger partial charge in [-0.05, 0) is 38.8 Å². The SMILES string of the molecule is Cc1cc(/C=N\N=C2\C(=O)N(C)c3ccccc32)c(C)n1C[C@H]1CCCO1. The van der Waals surface area contributed by atoms with E-state index in [2.05, 4.69) is 34.7 Å². The Bertz CT molecular complexity index is 936. The van der Waals surface area contributed by atoms with Gasteiger partial charge in [0.05, 0.1) is 18.0 Å². The third kappa shape index (κ3) is 3.21. The number of carbonyl (C=O) groups is 1. The minimum Gasteiger partial charge on any atom is -0.376 e. The van der Waals surface area contributed by atoms with Crippen LogP contribution >= 0.6 is 0 Å². The minimum absolute atomic E-state index is 0.128. The van der Waals surface area contributed by atoms with Crippen molar-refractivity contribution in [3.63, 3.8) is 0 Å². The maximum Gasteiger partial charge on any atom is 0.279 e. The molecule has 2 aliphatic heterocycles. The van der Waals surface area contributed by atoms with Crippen molar-refractivity contribution in [2.24, 2.45) is 10.2 Å². The van der Waals surface area contributed by atoms with Gasteiger partial charge in [-0.1, -0.05) is 18.2 Å². The molecule has 0 aliphatic carbocycles. The van der Waals surface area contributed by atoms with Gasteiger partial charge >= 0.3 is 0 Å². The van der Waals surface area contributed by atoms with Crippen LogP contribution in [0.5, 0.6) is 0 Å². The monoisotopic (exact) mass is 364 g/mol. The van der Waals surface area contributed by atoms with Crippen molar-refractivity contribution in [3.05, 3.63) is 52.8 Å². The quantitative estimate of drug-likeness (QED) is 0.618. The Balaban J connectivity index is 1.57. The number of amides is 1. The standard InChI is InChI=1S/C21H24N4O2/c1-14-11-16(15(2)25(14)13-17-7-6-10-27-17)12-22-23-20-18-8-4-5-9-19(18)24(3)21(20)26/h4-5,8-9,11-12,17H,6-7,10,13H2,1-3H3/b22-12-,23-20+/t17-/m1/s1. The van der Waals surface area contributed by atoms with E-state index in [4.69, 9.17) is 4.74 Å². The van der Waals surface area contributed by atoms with Gasteiger partial charge in [0.25, 0.3) is 5.91 Å². The fourth-order valence-electron chi connectivity index (χ4n) is 3.83.